The van der Waals surface area contributed by atoms with Crippen molar-refractivity contribution in [2.75, 3.05) is 23.1 Å². The molecule has 2 heterocycles. The monoisotopic (exact) mass is 450 g/mol. The van der Waals surface area contributed by atoms with Gasteiger partial charge in [0.1, 0.15) is 11.8 Å². The number of benzene rings is 2. The summed E-state index contributed by atoms with van der Waals surface area (Å²) in [6.45, 7) is 0. The van der Waals surface area contributed by atoms with E-state index in [1.54, 1.807) is 24.3 Å². The molecule has 2 aromatic carbocycles. The number of anilines is 2. The molecular weight excluding hydrogens is 433 g/mol. The number of imidazole rings is 1. The number of nitrogens with one attached hydrogen (secondary N) is 2. The third kappa shape index (κ3) is 4.31. The van der Waals surface area contributed by atoms with E-state index in [-0.39, 0.29) is 17.1 Å². The molecule has 1 aliphatic heterocycles. The molecule has 0 saturated carbocycles. The minimum atomic E-state index is -4.77. The number of aromatic amines is 1. The minimum Gasteiger partial charge on any atom is -0.497 e. The molecule has 2 amide bonds. The Morgan fingerprint density at radius 2 is 2.06 bits per heavy atom. The number of rotatable bonds is 4. The Morgan fingerprint density at radius 3 is 2.81 bits per heavy atom. The van der Waals surface area contributed by atoms with Gasteiger partial charge in [-0.15, -0.1) is 0 Å². The summed E-state index contributed by atoms with van der Waals surface area (Å²) in [6.07, 6.45) is -5.65. The van der Waals surface area contributed by atoms with Crippen LogP contribution in [0.4, 0.5) is 24.5 Å². The number of amides is 2. The highest BCUT2D eigenvalue weighted by Crippen LogP contribution is 2.38. The molecule has 0 radical (unpaired) electrons. The van der Waals surface area contributed by atoms with Crippen LogP contribution in [-0.2, 0) is 9.59 Å². The molecule has 11 heteroatoms. The molecule has 0 saturated heterocycles. The molecule has 0 spiro atoms. The molecule has 0 unspecified atom stereocenters. The third-order valence-corrected chi connectivity index (χ3v) is 5.63. The number of hydrogen-bond acceptors (Lipinski definition) is 5. The van der Waals surface area contributed by atoms with Crippen molar-refractivity contribution in [3.63, 3.8) is 0 Å². The van der Waals surface area contributed by atoms with E-state index in [0.717, 1.165) is 11.8 Å². The Balaban J connectivity index is 1.61. The Labute approximate surface area is 179 Å². The van der Waals surface area contributed by atoms with Crippen LogP contribution in [0, 0.1) is 0 Å². The van der Waals surface area contributed by atoms with Crippen LogP contribution in [0.2, 0.25) is 0 Å². The lowest BCUT2D eigenvalue weighted by Crippen LogP contribution is -2.50. The summed E-state index contributed by atoms with van der Waals surface area (Å²) in [5.41, 5.74) is 1.49. The van der Waals surface area contributed by atoms with E-state index in [0.29, 0.717) is 26.8 Å². The molecule has 1 atom stereocenters. The number of carbonyl (C=O) groups excluding carboxylic acids is 2. The second-order valence-electron chi connectivity index (χ2n) is 6.80. The van der Waals surface area contributed by atoms with Crippen LogP contribution < -0.4 is 15.0 Å². The van der Waals surface area contributed by atoms with Crippen molar-refractivity contribution >= 4 is 46.0 Å². The van der Waals surface area contributed by atoms with Crippen LogP contribution in [-0.4, -0.2) is 46.9 Å². The van der Waals surface area contributed by atoms with Crippen LogP contribution in [0.5, 0.6) is 5.75 Å². The number of para-hydroxylation sites is 2. The van der Waals surface area contributed by atoms with Gasteiger partial charge in [0.2, 0.25) is 11.8 Å². The number of carbonyl (C=O) groups is 2. The summed E-state index contributed by atoms with van der Waals surface area (Å²) in [7, 11) is 1.53. The molecule has 2 N–H and O–H groups in total. The topological polar surface area (TPSA) is 87.3 Å². The van der Waals surface area contributed by atoms with Crippen molar-refractivity contribution in [1.82, 2.24) is 9.97 Å². The molecule has 7 nitrogen and oxygen atoms in total. The Hall–Kier alpha value is -3.21. The first-order valence-electron chi connectivity index (χ1n) is 9.20. The van der Waals surface area contributed by atoms with Gasteiger partial charge in [0, 0.05) is 6.07 Å². The van der Waals surface area contributed by atoms with Gasteiger partial charge >= 0.3 is 6.18 Å². The molecule has 162 valence electrons. The van der Waals surface area contributed by atoms with Gasteiger partial charge in [0.25, 0.3) is 0 Å². The van der Waals surface area contributed by atoms with Gasteiger partial charge in [-0.3, -0.25) is 14.5 Å². The van der Waals surface area contributed by atoms with E-state index in [9.17, 15) is 22.8 Å². The molecule has 1 aromatic heterocycles. The fraction of sp³-hybridized carbons (Fsp3) is 0.250. The van der Waals surface area contributed by atoms with Crippen molar-refractivity contribution in [2.45, 2.75) is 23.8 Å². The van der Waals surface area contributed by atoms with E-state index < -0.39 is 30.5 Å². The quantitative estimate of drug-likeness (QED) is 0.588. The van der Waals surface area contributed by atoms with Crippen molar-refractivity contribution in [3.05, 3.63) is 42.5 Å². The zero-order chi connectivity index (χ0) is 22.2. The number of alkyl halides is 3. The average Bonchev–Trinajstić information content (AvgIpc) is 3.06. The maximum absolute atomic E-state index is 13.8. The van der Waals surface area contributed by atoms with E-state index in [1.807, 2.05) is 0 Å². The fourth-order valence-electron chi connectivity index (χ4n) is 3.36. The Morgan fingerprint density at radius 1 is 1.29 bits per heavy atom. The van der Waals surface area contributed by atoms with Gasteiger partial charge in [-0.25, -0.2) is 4.98 Å². The minimum absolute atomic E-state index is 0.00983. The highest BCUT2D eigenvalue weighted by Gasteiger charge is 2.48. The average molecular weight is 450 g/mol. The van der Waals surface area contributed by atoms with E-state index in [2.05, 4.69) is 15.3 Å². The molecule has 31 heavy (non-hydrogen) atoms. The van der Waals surface area contributed by atoms with Gasteiger partial charge < -0.3 is 15.0 Å². The normalized spacial score (nSPS) is 16.6. The Kier molecular flexibility index (Phi) is 5.52. The summed E-state index contributed by atoms with van der Waals surface area (Å²) < 4.78 is 46.4. The van der Waals surface area contributed by atoms with Gasteiger partial charge in [-0.2, -0.15) is 13.2 Å². The lowest BCUT2D eigenvalue weighted by atomic mass is 10.1. The zero-order valence-electron chi connectivity index (χ0n) is 16.2. The number of ether oxygens (including phenoxy) is 1. The van der Waals surface area contributed by atoms with Crippen molar-refractivity contribution in [3.8, 4) is 5.75 Å². The van der Waals surface area contributed by atoms with Gasteiger partial charge in [-0.1, -0.05) is 23.9 Å². The summed E-state index contributed by atoms with van der Waals surface area (Å²) in [5.74, 6) is -1.26. The van der Waals surface area contributed by atoms with E-state index in [4.69, 9.17) is 4.74 Å². The Bertz CT molecular complexity index is 1150. The van der Waals surface area contributed by atoms with E-state index in [1.165, 1.54) is 25.3 Å². The van der Waals surface area contributed by atoms with Crippen LogP contribution in [0.15, 0.2) is 47.6 Å². The van der Waals surface area contributed by atoms with Crippen LogP contribution in [0.25, 0.3) is 11.0 Å². The number of halogens is 3. The number of methoxy groups -OCH3 is 1. The number of nitrogens with zero attached hydrogens (tertiary/aromatic N) is 2. The molecule has 0 bridgehead atoms. The van der Waals surface area contributed by atoms with Crippen molar-refractivity contribution < 1.29 is 27.5 Å². The lowest BCUT2D eigenvalue weighted by molar-refractivity contribution is -0.157. The highest BCUT2D eigenvalue weighted by molar-refractivity contribution is 7.99. The largest absolute Gasteiger partial charge is 0.497 e. The maximum atomic E-state index is 13.8. The summed E-state index contributed by atoms with van der Waals surface area (Å²) >= 11 is 0.985. The number of aromatic nitrogens is 2. The predicted molar refractivity (Wildman–Crippen MR) is 110 cm³/mol. The number of thioether (sulfide) groups is 1. The SMILES string of the molecule is COc1ccc2nc(SCC(=O)N3c4ccccc4NC(=O)C[C@@H]3C(F)(F)F)[nH]c2c1. The second-order valence-corrected chi connectivity index (χ2v) is 7.77. The van der Waals surface area contributed by atoms with Crippen molar-refractivity contribution in [1.29, 1.82) is 0 Å². The summed E-state index contributed by atoms with van der Waals surface area (Å²) in [5, 5.41) is 2.83. The van der Waals surface area contributed by atoms with Crippen LogP contribution >= 0.6 is 11.8 Å². The summed E-state index contributed by atoms with van der Waals surface area (Å²) in [4.78, 5) is 33.0. The molecular formula is C20H17F3N4O3S. The van der Waals surface area contributed by atoms with E-state index >= 15 is 0 Å². The van der Waals surface area contributed by atoms with Crippen LogP contribution in [0.1, 0.15) is 6.42 Å². The molecule has 1 aliphatic rings. The smallest absolute Gasteiger partial charge is 0.409 e. The molecule has 0 aliphatic carbocycles. The maximum Gasteiger partial charge on any atom is 0.409 e. The second kappa shape index (κ2) is 8.14. The van der Waals surface area contributed by atoms with Gasteiger partial charge in [0.15, 0.2) is 5.16 Å². The van der Waals surface area contributed by atoms with Crippen LogP contribution in [0.3, 0.4) is 0 Å². The standard InChI is InChI=1S/C20H17F3N4O3S/c1-30-11-6-7-12-14(8-11)26-19(25-12)31-10-18(29)27-15-5-3-2-4-13(15)24-17(28)9-16(27)20(21,22)23/h2-8,16H,9-10H2,1H3,(H,24,28)(H,25,26)/t16-/m1/s1. The van der Waals surface area contributed by atoms with Gasteiger partial charge in [0.05, 0.1) is 41.7 Å². The molecule has 3 aromatic rings. The third-order valence-electron chi connectivity index (χ3n) is 4.77. The summed E-state index contributed by atoms with van der Waals surface area (Å²) in [6, 6.07) is 8.88. The number of H-pyrrole nitrogens is 1. The first-order valence-corrected chi connectivity index (χ1v) is 10.2. The molecule has 4 rings (SSSR count). The number of hydrogen-bond donors (Lipinski definition) is 2. The first kappa shape index (κ1) is 21.0. The lowest BCUT2D eigenvalue weighted by Gasteiger charge is -2.31. The number of fused-ring (bicyclic) bond motifs is 2. The van der Waals surface area contributed by atoms with Gasteiger partial charge in [-0.05, 0) is 24.3 Å². The molecule has 0 fully saturated rings. The zero-order valence-corrected chi connectivity index (χ0v) is 17.0. The van der Waals surface area contributed by atoms with Crippen molar-refractivity contribution in [2.24, 2.45) is 0 Å². The fourth-order valence-corrected chi connectivity index (χ4v) is 4.10. The predicted octanol–water partition coefficient (Wildman–Crippen LogP) is 3.97. The first-order chi connectivity index (χ1) is 14.8. The highest BCUT2D eigenvalue weighted by atomic mass is 32.2.